The van der Waals surface area contributed by atoms with Crippen molar-refractivity contribution >= 4 is 0 Å². The second kappa shape index (κ2) is 2.22. The highest BCUT2D eigenvalue weighted by molar-refractivity contribution is 5.32. The van der Waals surface area contributed by atoms with E-state index in [1.165, 1.54) is 18.8 Å². The van der Waals surface area contributed by atoms with Gasteiger partial charge in [0.05, 0.1) is 5.66 Å². The van der Waals surface area contributed by atoms with E-state index in [9.17, 15) is 0 Å². The molecule has 0 aliphatic heterocycles. The third kappa shape index (κ3) is 0.934. The van der Waals surface area contributed by atoms with E-state index in [4.69, 9.17) is 17.2 Å². The molecule has 1 unspecified atom stereocenters. The Bertz CT molecular complexity index is 188. The molecule has 12 heavy (non-hydrogen) atoms. The average Bonchev–Trinajstić information content (AvgIpc) is 2.82. The number of rotatable bonds is 3. The molecule has 0 saturated heterocycles. The van der Waals surface area contributed by atoms with Crippen LogP contribution in [0, 0.1) is 18.3 Å². The first-order valence-corrected chi connectivity index (χ1v) is 4.52. The Labute approximate surface area is 73.7 Å². The van der Waals surface area contributed by atoms with Crippen LogP contribution in [0.4, 0.5) is 0 Å². The van der Waals surface area contributed by atoms with Gasteiger partial charge in [-0.3, -0.25) is 0 Å². The van der Waals surface area contributed by atoms with E-state index in [-0.39, 0.29) is 11.5 Å². The smallest absolute Gasteiger partial charge is 0.0855 e. The zero-order valence-electron chi connectivity index (χ0n) is 7.34. The number of hydrogen-bond acceptors (Lipinski definition) is 3. The van der Waals surface area contributed by atoms with Gasteiger partial charge in [0.2, 0.25) is 0 Å². The zero-order chi connectivity index (χ0) is 8.98. The lowest BCUT2D eigenvalue weighted by Gasteiger charge is -2.37. The van der Waals surface area contributed by atoms with Crippen molar-refractivity contribution in [1.82, 2.24) is 0 Å². The van der Waals surface area contributed by atoms with Gasteiger partial charge in [0.15, 0.2) is 0 Å². The minimum Gasteiger partial charge on any atom is -0.325 e. The maximum absolute atomic E-state index is 6.01. The normalized spacial score (nSPS) is 30.0. The summed E-state index contributed by atoms with van der Waals surface area (Å²) in [6.45, 7) is 3.74. The third-order valence-electron chi connectivity index (χ3n) is 3.37. The van der Waals surface area contributed by atoms with Crippen LogP contribution in [0.15, 0.2) is 0 Å². The van der Waals surface area contributed by atoms with Gasteiger partial charge in [-0.25, -0.2) is 0 Å². The fourth-order valence-electron chi connectivity index (χ4n) is 2.11. The molecule has 3 heteroatoms. The van der Waals surface area contributed by atoms with Crippen LogP contribution in [-0.4, -0.2) is 11.7 Å². The molecule has 1 atom stereocenters. The molecular weight excluding hydrogens is 150 g/mol. The summed E-state index contributed by atoms with van der Waals surface area (Å²) >= 11 is 0. The van der Waals surface area contributed by atoms with Gasteiger partial charge in [0.25, 0.3) is 0 Å². The SMILES string of the molecule is [CH2]C(N)C(N)(N)C1([C]2CC2)CC1. The van der Waals surface area contributed by atoms with Crippen LogP contribution in [0.5, 0.6) is 0 Å². The van der Waals surface area contributed by atoms with Crippen molar-refractivity contribution in [2.45, 2.75) is 37.4 Å². The highest BCUT2D eigenvalue weighted by atomic mass is 15.1. The van der Waals surface area contributed by atoms with Crippen LogP contribution >= 0.6 is 0 Å². The van der Waals surface area contributed by atoms with Crippen LogP contribution in [0.2, 0.25) is 0 Å². The Hall–Kier alpha value is -0.120. The summed E-state index contributed by atoms with van der Waals surface area (Å²) in [4.78, 5) is 0. The van der Waals surface area contributed by atoms with Crippen molar-refractivity contribution in [3.05, 3.63) is 12.8 Å². The molecule has 2 aliphatic carbocycles. The van der Waals surface area contributed by atoms with Crippen LogP contribution in [0.25, 0.3) is 0 Å². The van der Waals surface area contributed by atoms with E-state index >= 15 is 0 Å². The van der Waals surface area contributed by atoms with Gasteiger partial charge in [0, 0.05) is 11.5 Å². The monoisotopic (exact) mass is 167 g/mol. The maximum atomic E-state index is 6.01. The highest BCUT2D eigenvalue weighted by Gasteiger charge is 2.64. The van der Waals surface area contributed by atoms with Gasteiger partial charge < -0.3 is 17.2 Å². The second-order valence-electron chi connectivity index (χ2n) is 4.23. The van der Waals surface area contributed by atoms with E-state index in [0.717, 1.165) is 12.8 Å². The summed E-state index contributed by atoms with van der Waals surface area (Å²) in [7, 11) is 0. The minimum atomic E-state index is -0.779. The molecule has 0 aromatic rings. The first kappa shape index (κ1) is 8.48. The fourth-order valence-corrected chi connectivity index (χ4v) is 2.11. The second-order valence-corrected chi connectivity index (χ2v) is 4.23. The summed E-state index contributed by atoms with van der Waals surface area (Å²) in [5, 5.41) is 0. The van der Waals surface area contributed by atoms with Gasteiger partial charge in [-0.15, -0.1) is 0 Å². The molecule has 0 spiro atoms. The van der Waals surface area contributed by atoms with Crippen molar-refractivity contribution < 1.29 is 0 Å². The summed E-state index contributed by atoms with van der Waals surface area (Å²) in [5.74, 6) is 1.52. The van der Waals surface area contributed by atoms with Crippen molar-refractivity contribution in [2.75, 3.05) is 0 Å². The van der Waals surface area contributed by atoms with Crippen molar-refractivity contribution in [3.8, 4) is 0 Å². The Balaban J connectivity index is 2.15. The lowest BCUT2D eigenvalue weighted by Crippen LogP contribution is -2.67. The molecule has 3 nitrogen and oxygen atoms in total. The standard InChI is InChI=1S/C9H17N3/c1-6(10)9(11,12)8(4-5-8)7-2-3-7/h6H,1-5,10-12H2. The van der Waals surface area contributed by atoms with E-state index in [0.29, 0.717) is 0 Å². The highest BCUT2D eigenvalue weighted by Crippen LogP contribution is 2.66. The largest absolute Gasteiger partial charge is 0.325 e. The zero-order valence-corrected chi connectivity index (χ0v) is 7.34. The van der Waals surface area contributed by atoms with Crippen molar-refractivity contribution in [3.63, 3.8) is 0 Å². The average molecular weight is 167 g/mol. The lowest BCUT2D eigenvalue weighted by molar-refractivity contribution is 0.254. The van der Waals surface area contributed by atoms with Crippen LogP contribution in [0.3, 0.4) is 0 Å². The molecule has 6 N–H and O–H groups in total. The van der Waals surface area contributed by atoms with Gasteiger partial charge in [0.1, 0.15) is 0 Å². The van der Waals surface area contributed by atoms with Gasteiger partial charge in [-0.2, -0.15) is 0 Å². The van der Waals surface area contributed by atoms with Crippen LogP contribution in [0.1, 0.15) is 25.7 Å². The molecule has 2 rings (SSSR count). The molecule has 2 saturated carbocycles. The molecule has 0 aromatic heterocycles. The Morgan fingerprint density at radius 3 is 2.08 bits per heavy atom. The van der Waals surface area contributed by atoms with Crippen LogP contribution < -0.4 is 17.2 Å². The van der Waals surface area contributed by atoms with Crippen molar-refractivity contribution in [1.29, 1.82) is 0 Å². The van der Waals surface area contributed by atoms with Crippen LogP contribution in [-0.2, 0) is 0 Å². The first-order chi connectivity index (χ1) is 5.51. The quantitative estimate of drug-likeness (QED) is 0.514. The predicted molar refractivity (Wildman–Crippen MR) is 48.6 cm³/mol. The molecule has 68 valence electrons. The predicted octanol–water partition coefficient (Wildman–Crippen LogP) is -0.0900. The summed E-state index contributed by atoms with van der Waals surface area (Å²) < 4.78 is 0. The van der Waals surface area contributed by atoms with Gasteiger partial charge in [-0.1, -0.05) is 0 Å². The van der Waals surface area contributed by atoms with E-state index < -0.39 is 5.66 Å². The Kier molecular flexibility index (Phi) is 1.57. The maximum Gasteiger partial charge on any atom is 0.0855 e. The number of nitrogens with two attached hydrogens (primary N) is 3. The topological polar surface area (TPSA) is 78.1 Å². The summed E-state index contributed by atoms with van der Waals surface area (Å²) in [6, 6.07) is -0.368. The Morgan fingerprint density at radius 1 is 1.33 bits per heavy atom. The summed E-state index contributed by atoms with van der Waals surface area (Å²) in [6.07, 6.45) is 4.61. The number of hydrogen-bond donors (Lipinski definition) is 3. The molecule has 0 heterocycles. The molecule has 2 fully saturated rings. The fraction of sp³-hybridized carbons (Fsp3) is 0.778. The molecule has 0 bridgehead atoms. The Morgan fingerprint density at radius 2 is 1.83 bits per heavy atom. The molecule has 0 aromatic carbocycles. The van der Waals surface area contributed by atoms with Crippen molar-refractivity contribution in [2.24, 2.45) is 22.6 Å². The third-order valence-corrected chi connectivity index (χ3v) is 3.37. The van der Waals surface area contributed by atoms with Gasteiger partial charge >= 0.3 is 0 Å². The summed E-state index contributed by atoms with van der Waals surface area (Å²) in [5.41, 5.74) is 17.0. The molecule has 2 radical (unpaired) electrons. The van der Waals surface area contributed by atoms with E-state index in [1.807, 2.05) is 0 Å². The lowest BCUT2D eigenvalue weighted by atomic mass is 9.81. The van der Waals surface area contributed by atoms with Gasteiger partial charge in [-0.05, 0) is 38.5 Å². The minimum absolute atomic E-state index is 0.0637. The molecule has 0 amide bonds. The first-order valence-electron chi connectivity index (χ1n) is 4.52. The van der Waals surface area contributed by atoms with E-state index in [1.54, 1.807) is 0 Å². The van der Waals surface area contributed by atoms with E-state index in [2.05, 4.69) is 6.92 Å². The molecule has 2 aliphatic rings. The molecular formula is C9H17N3.